The van der Waals surface area contributed by atoms with Gasteiger partial charge in [-0.05, 0) is 30.4 Å². The number of aromatic nitrogens is 4. The number of nitrogens with one attached hydrogen (secondary N) is 1. The maximum atomic E-state index is 5.71. The fraction of sp³-hybridized carbons (Fsp3) is 0.692. The second kappa shape index (κ2) is 6.90. The number of rotatable bonds is 7. The van der Waals surface area contributed by atoms with Gasteiger partial charge in [-0.1, -0.05) is 32.2 Å². The molecule has 110 valence electrons. The number of hydrogen-bond acceptors (Lipinski definition) is 7. The zero-order chi connectivity index (χ0) is 14.5. The van der Waals surface area contributed by atoms with Gasteiger partial charge in [0.2, 0.25) is 5.89 Å². The summed E-state index contributed by atoms with van der Waals surface area (Å²) in [5, 5.41) is 15.7. The lowest BCUT2D eigenvalue weighted by Gasteiger charge is -2.05. The van der Waals surface area contributed by atoms with Crippen molar-refractivity contribution < 1.29 is 4.42 Å². The van der Waals surface area contributed by atoms with Gasteiger partial charge >= 0.3 is 0 Å². The van der Waals surface area contributed by atoms with Crippen LogP contribution in [0.4, 0.5) is 0 Å². The van der Waals surface area contributed by atoms with Gasteiger partial charge < -0.3 is 9.73 Å². The third kappa shape index (κ3) is 3.83. The van der Waals surface area contributed by atoms with E-state index in [9.17, 15) is 0 Å². The Kier molecular flexibility index (Phi) is 5.19. The molecule has 2 aromatic heterocycles. The standard InChI is InChI=1S/C13H21N5OS/c1-8(2)11-12(20-18-16-11)13-17-15-10(19-13)6-5-7-14-9(3)4/h8-9,14H,5-7H2,1-4H3. The Bertz CT molecular complexity index is 534. The lowest BCUT2D eigenvalue weighted by Crippen LogP contribution is -2.23. The molecule has 6 nitrogen and oxygen atoms in total. The fourth-order valence-electron chi connectivity index (χ4n) is 1.80. The van der Waals surface area contributed by atoms with E-state index in [-0.39, 0.29) is 0 Å². The van der Waals surface area contributed by atoms with Crippen LogP contribution in [0, 0.1) is 0 Å². The lowest BCUT2D eigenvalue weighted by atomic mass is 10.1. The molecule has 0 unspecified atom stereocenters. The first-order chi connectivity index (χ1) is 9.58. The molecule has 0 aromatic carbocycles. The molecule has 0 spiro atoms. The van der Waals surface area contributed by atoms with E-state index in [0.29, 0.717) is 23.7 Å². The third-order valence-corrected chi connectivity index (χ3v) is 3.57. The topological polar surface area (TPSA) is 76.7 Å². The maximum absolute atomic E-state index is 5.71. The Labute approximate surface area is 123 Å². The Morgan fingerprint density at radius 2 is 1.95 bits per heavy atom. The van der Waals surface area contributed by atoms with Gasteiger partial charge in [-0.2, -0.15) is 0 Å². The van der Waals surface area contributed by atoms with Crippen LogP contribution in [-0.4, -0.2) is 32.4 Å². The van der Waals surface area contributed by atoms with Crippen molar-refractivity contribution in [3.8, 4) is 10.8 Å². The average molecular weight is 295 g/mol. The maximum Gasteiger partial charge on any atom is 0.261 e. The van der Waals surface area contributed by atoms with Crippen LogP contribution in [0.1, 0.15) is 51.6 Å². The van der Waals surface area contributed by atoms with Crippen molar-refractivity contribution in [1.82, 2.24) is 25.1 Å². The molecule has 0 aliphatic carbocycles. The quantitative estimate of drug-likeness (QED) is 0.791. The minimum atomic E-state index is 0.300. The zero-order valence-corrected chi connectivity index (χ0v) is 13.2. The summed E-state index contributed by atoms with van der Waals surface area (Å²) in [6.45, 7) is 9.38. The molecule has 0 aliphatic rings. The van der Waals surface area contributed by atoms with Gasteiger partial charge in [-0.3, -0.25) is 0 Å². The van der Waals surface area contributed by atoms with Gasteiger partial charge in [-0.25, -0.2) is 0 Å². The molecule has 0 saturated heterocycles. The largest absolute Gasteiger partial charge is 0.420 e. The highest BCUT2D eigenvalue weighted by molar-refractivity contribution is 7.09. The predicted molar refractivity (Wildman–Crippen MR) is 78.7 cm³/mol. The molecule has 2 heterocycles. The first-order valence-corrected chi connectivity index (χ1v) is 7.73. The van der Waals surface area contributed by atoms with Gasteiger partial charge in [0.25, 0.3) is 5.89 Å². The molecule has 0 bridgehead atoms. The monoisotopic (exact) mass is 295 g/mol. The van der Waals surface area contributed by atoms with E-state index in [4.69, 9.17) is 4.42 Å². The van der Waals surface area contributed by atoms with E-state index < -0.39 is 0 Å². The molecule has 2 aromatic rings. The molecule has 2 rings (SSSR count). The highest BCUT2D eigenvalue weighted by atomic mass is 32.1. The summed E-state index contributed by atoms with van der Waals surface area (Å²) in [5.74, 6) is 1.51. The van der Waals surface area contributed by atoms with Crippen molar-refractivity contribution >= 4 is 11.5 Å². The number of hydrogen-bond donors (Lipinski definition) is 1. The minimum Gasteiger partial charge on any atom is -0.420 e. The summed E-state index contributed by atoms with van der Waals surface area (Å²) >= 11 is 1.31. The predicted octanol–water partition coefficient (Wildman–Crippen LogP) is 2.64. The molecule has 1 N–H and O–H groups in total. The van der Waals surface area contributed by atoms with Crippen LogP contribution >= 0.6 is 11.5 Å². The van der Waals surface area contributed by atoms with E-state index in [1.54, 1.807) is 0 Å². The Morgan fingerprint density at radius 3 is 2.65 bits per heavy atom. The number of nitrogens with zero attached hydrogens (tertiary/aromatic N) is 4. The van der Waals surface area contributed by atoms with Crippen LogP contribution in [-0.2, 0) is 6.42 Å². The van der Waals surface area contributed by atoms with Crippen molar-refractivity contribution in [2.75, 3.05) is 6.54 Å². The van der Waals surface area contributed by atoms with Gasteiger partial charge in [0.15, 0.2) is 0 Å². The molecule has 7 heteroatoms. The van der Waals surface area contributed by atoms with Crippen molar-refractivity contribution in [2.45, 2.75) is 52.5 Å². The Hall–Kier alpha value is -1.34. The summed E-state index contributed by atoms with van der Waals surface area (Å²) in [4.78, 5) is 0.888. The molecule has 0 aliphatic heterocycles. The first-order valence-electron chi connectivity index (χ1n) is 6.96. The molecule has 0 saturated carbocycles. The van der Waals surface area contributed by atoms with Crippen molar-refractivity contribution in [3.05, 3.63) is 11.6 Å². The molecule has 20 heavy (non-hydrogen) atoms. The second-order valence-electron chi connectivity index (χ2n) is 5.36. The fourth-order valence-corrected chi connectivity index (χ4v) is 2.54. The molecule has 0 atom stereocenters. The average Bonchev–Trinajstić information content (AvgIpc) is 3.02. The van der Waals surface area contributed by atoms with E-state index in [0.717, 1.165) is 30.0 Å². The highest BCUT2D eigenvalue weighted by Gasteiger charge is 2.18. The summed E-state index contributed by atoms with van der Waals surface area (Å²) in [6, 6.07) is 0.505. The minimum absolute atomic E-state index is 0.300. The van der Waals surface area contributed by atoms with E-state index in [1.807, 2.05) is 0 Å². The second-order valence-corrected chi connectivity index (χ2v) is 6.11. The SMILES string of the molecule is CC(C)NCCCc1nnc(-c2snnc2C(C)C)o1. The van der Waals surface area contributed by atoms with Crippen molar-refractivity contribution in [2.24, 2.45) is 0 Å². The molecule has 0 radical (unpaired) electrons. The number of aryl methyl sites for hydroxylation is 1. The van der Waals surface area contributed by atoms with Crippen LogP contribution in [0.2, 0.25) is 0 Å². The van der Waals surface area contributed by atoms with E-state index in [2.05, 4.69) is 52.8 Å². The van der Waals surface area contributed by atoms with Gasteiger partial charge in [-0.15, -0.1) is 15.3 Å². The summed E-state index contributed by atoms with van der Waals surface area (Å²) in [7, 11) is 0. The van der Waals surface area contributed by atoms with Crippen molar-refractivity contribution in [3.63, 3.8) is 0 Å². The van der Waals surface area contributed by atoms with E-state index >= 15 is 0 Å². The molecule has 0 fully saturated rings. The normalized spacial score (nSPS) is 11.7. The first kappa shape index (κ1) is 15.1. The Balaban J connectivity index is 1.96. The molecule has 0 amide bonds. The summed E-state index contributed by atoms with van der Waals surface area (Å²) < 4.78 is 9.68. The van der Waals surface area contributed by atoms with Crippen LogP contribution < -0.4 is 5.32 Å². The smallest absolute Gasteiger partial charge is 0.261 e. The van der Waals surface area contributed by atoms with Crippen LogP contribution in [0.3, 0.4) is 0 Å². The molecular formula is C13H21N5OS. The van der Waals surface area contributed by atoms with Crippen LogP contribution in [0.15, 0.2) is 4.42 Å². The summed E-state index contributed by atoms with van der Waals surface area (Å²) in [5.41, 5.74) is 0.923. The Morgan fingerprint density at radius 1 is 1.15 bits per heavy atom. The third-order valence-electron chi connectivity index (χ3n) is 2.84. The summed E-state index contributed by atoms with van der Waals surface area (Å²) in [6.07, 6.45) is 1.77. The highest BCUT2D eigenvalue weighted by Crippen LogP contribution is 2.29. The van der Waals surface area contributed by atoms with Gasteiger partial charge in [0.05, 0.1) is 5.69 Å². The van der Waals surface area contributed by atoms with E-state index in [1.165, 1.54) is 11.5 Å². The zero-order valence-electron chi connectivity index (χ0n) is 12.4. The van der Waals surface area contributed by atoms with Crippen LogP contribution in [0.25, 0.3) is 10.8 Å². The van der Waals surface area contributed by atoms with Gasteiger partial charge in [0.1, 0.15) is 4.88 Å². The molecular weight excluding hydrogens is 274 g/mol. The van der Waals surface area contributed by atoms with Crippen molar-refractivity contribution in [1.29, 1.82) is 0 Å². The lowest BCUT2D eigenvalue weighted by molar-refractivity contribution is 0.484. The van der Waals surface area contributed by atoms with Gasteiger partial charge in [0, 0.05) is 12.5 Å². The van der Waals surface area contributed by atoms with Crippen LogP contribution in [0.5, 0.6) is 0 Å².